The van der Waals surface area contributed by atoms with E-state index in [4.69, 9.17) is 14.2 Å². The minimum absolute atomic E-state index is 0.195. The van der Waals surface area contributed by atoms with Crippen LogP contribution in [-0.4, -0.2) is 42.9 Å². The summed E-state index contributed by atoms with van der Waals surface area (Å²) in [5.41, 5.74) is 2.50. The second-order valence-corrected chi connectivity index (χ2v) is 8.14. The predicted molar refractivity (Wildman–Crippen MR) is 117 cm³/mol. The largest absolute Gasteiger partial charge is 0.493 e. The van der Waals surface area contributed by atoms with E-state index in [9.17, 15) is 14.4 Å². The van der Waals surface area contributed by atoms with Crippen LogP contribution in [0.4, 0.5) is 5.69 Å². The Kier molecular flexibility index (Phi) is 5.78. The summed E-state index contributed by atoms with van der Waals surface area (Å²) in [5, 5.41) is 2.88. The lowest BCUT2D eigenvalue weighted by Crippen LogP contribution is -2.43. The number of esters is 1. The second kappa shape index (κ2) is 8.53. The number of anilines is 1. The van der Waals surface area contributed by atoms with E-state index in [0.717, 1.165) is 0 Å². The molecule has 8 heteroatoms. The Labute approximate surface area is 186 Å². The van der Waals surface area contributed by atoms with Crippen molar-refractivity contribution in [1.29, 1.82) is 0 Å². The Bertz CT molecular complexity index is 1060. The molecule has 2 aromatic rings. The highest BCUT2D eigenvalue weighted by atomic mass is 16.6. The van der Waals surface area contributed by atoms with E-state index < -0.39 is 18.2 Å². The molecule has 2 aromatic carbocycles. The van der Waals surface area contributed by atoms with Gasteiger partial charge in [0.2, 0.25) is 18.0 Å². The first-order chi connectivity index (χ1) is 15.3. The topological polar surface area (TPSA) is 94.2 Å². The molecule has 0 unspecified atom stereocenters. The first-order valence-corrected chi connectivity index (χ1v) is 10.5. The number of benzene rings is 2. The monoisotopic (exact) mass is 438 g/mol. The molecule has 1 saturated heterocycles. The predicted octanol–water partition coefficient (Wildman–Crippen LogP) is 3.63. The molecule has 2 atom stereocenters. The Morgan fingerprint density at radius 2 is 1.81 bits per heavy atom. The van der Waals surface area contributed by atoms with Crippen molar-refractivity contribution in [2.75, 3.05) is 19.5 Å². The maximum atomic E-state index is 13.1. The molecule has 8 nitrogen and oxygen atoms in total. The number of nitrogens with zero attached hydrogens (tertiary/aromatic N) is 1. The smallest absolute Gasteiger partial charge is 0.344 e. The van der Waals surface area contributed by atoms with Gasteiger partial charge in [-0.25, -0.2) is 4.79 Å². The van der Waals surface area contributed by atoms with Crippen LogP contribution in [0.15, 0.2) is 36.4 Å². The zero-order valence-corrected chi connectivity index (χ0v) is 18.5. The van der Waals surface area contributed by atoms with E-state index in [1.807, 2.05) is 24.3 Å². The third kappa shape index (κ3) is 3.66. The molecule has 168 valence electrons. The average molecular weight is 438 g/mol. The first kappa shape index (κ1) is 21.7. The SMILES string of the molecule is COc1ccc2c(c1OC)C(=O)O[C@H]2N1C(=O)CC[C@H]1C(=O)Nc1ccc(C(C)C)cc1. The fourth-order valence-corrected chi connectivity index (χ4v) is 4.22. The van der Waals surface area contributed by atoms with E-state index in [2.05, 4.69) is 19.2 Å². The minimum Gasteiger partial charge on any atom is -0.493 e. The highest BCUT2D eigenvalue weighted by molar-refractivity contribution is 6.01. The summed E-state index contributed by atoms with van der Waals surface area (Å²) in [6.07, 6.45) is -0.460. The summed E-state index contributed by atoms with van der Waals surface area (Å²) in [6.45, 7) is 4.20. The number of likely N-dealkylation sites (tertiary alicyclic amines) is 1. The fourth-order valence-electron chi connectivity index (χ4n) is 4.22. The van der Waals surface area contributed by atoms with Gasteiger partial charge in [0, 0.05) is 17.7 Å². The molecule has 2 amide bonds. The quantitative estimate of drug-likeness (QED) is 0.693. The van der Waals surface area contributed by atoms with Crippen LogP contribution in [-0.2, 0) is 14.3 Å². The van der Waals surface area contributed by atoms with Gasteiger partial charge in [-0.1, -0.05) is 26.0 Å². The van der Waals surface area contributed by atoms with Gasteiger partial charge in [-0.15, -0.1) is 0 Å². The molecule has 32 heavy (non-hydrogen) atoms. The van der Waals surface area contributed by atoms with Gasteiger partial charge in [-0.2, -0.15) is 0 Å². The molecule has 0 aliphatic carbocycles. The maximum absolute atomic E-state index is 13.1. The Balaban J connectivity index is 1.60. The fraction of sp³-hybridized carbons (Fsp3) is 0.375. The highest BCUT2D eigenvalue weighted by Crippen LogP contribution is 2.45. The minimum atomic E-state index is -0.994. The van der Waals surface area contributed by atoms with E-state index in [0.29, 0.717) is 29.3 Å². The molecule has 1 N–H and O–H groups in total. The standard InChI is InChI=1S/C24H26N2O6/c1-13(2)14-5-7-15(8-6-14)25-22(28)17-10-12-19(27)26(17)23-16-9-11-18(30-3)21(31-4)20(16)24(29)32-23/h5-9,11,13,17,23H,10,12H2,1-4H3,(H,25,28)/t17-,23+/m0/s1. The van der Waals surface area contributed by atoms with Crippen LogP contribution >= 0.6 is 0 Å². The van der Waals surface area contributed by atoms with Gasteiger partial charge >= 0.3 is 5.97 Å². The Morgan fingerprint density at radius 3 is 2.44 bits per heavy atom. The molecule has 2 heterocycles. The molecule has 2 aliphatic rings. The number of rotatable bonds is 6. The van der Waals surface area contributed by atoms with Crippen molar-refractivity contribution in [1.82, 2.24) is 4.90 Å². The van der Waals surface area contributed by atoms with Gasteiger partial charge in [0.15, 0.2) is 11.5 Å². The van der Waals surface area contributed by atoms with Gasteiger partial charge in [0.25, 0.3) is 0 Å². The third-order valence-corrected chi connectivity index (χ3v) is 5.92. The third-order valence-electron chi connectivity index (χ3n) is 5.92. The molecular formula is C24H26N2O6. The molecular weight excluding hydrogens is 412 g/mol. The summed E-state index contributed by atoms with van der Waals surface area (Å²) in [6, 6.07) is 10.2. The molecule has 0 spiro atoms. The average Bonchev–Trinajstić information content (AvgIpc) is 3.32. The summed E-state index contributed by atoms with van der Waals surface area (Å²) in [5.74, 6) is -0.177. The molecule has 4 rings (SSSR count). The van der Waals surface area contributed by atoms with Crippen LogP contribution in [0.25, 0.3) is 0 Å². The van der Waals surface area contributed by atoms with E-state index >= 15 is 0 Å². The number of cyclic esters (lactones) is 1. The number of hydrogen-bond acceptors (Lipinski definition) is 6. The van der Waals surface area contributed by atoms with Crippen molar-refractivity contribution in [2.24, 2.45) is 0 Å². The number of amides is 2. The number of nitrogens with one attached hydrogen (secondary N) is 1. The first-order valence-electron chi connectivity index (χ1n) is 10.5. The number of ether oxygens (including phenoxy) is 3. The summed E-state index contributed by atoms with van der Waals surface area (Å²) in [7, 11) is 2.90. The van der Waals surface area contributed by atoms with Gasteiger partial charge in [-0.05, 0) is 42.2 Å². The summed E-state index contributed by atoms with van der Waals surface area (Å²) in [4.78, 5) is 39.8. The van der Waals surface area contributed by atoms with Gasteiger partial charge < -0.3 is 19.5 Å². The van der Waals surface area contributed by atoms with Crippen molar-refractivity contribution >= 4 is 23.5 Å². The Hall–Kier alpha value is -3.55. The number of carbonyl (C=O) groups is 3. The van der Waals surface area contributed by atoms with Gasteiger partial charge in [-0.3, -0.25) is 14.5 Å². The van der Waals surface area contributed by atoms with Crippen molar-refractivity contribution in [2.45, 2.75) is 44.9 Å². The van der Waals surface area contributed by atoms with Crippen molar-refractivity contribution in [3.8, 4) is 11.5 Å². The summed E-state index contributed by atoms with van der Waals surface area (Å²) < 4.78 is 16.2. The van der Waals surface area contributed by atoms with Crippen molar-refractivity contribution in [3.05, 3.63) is 53.1 Å². The lowest BCUT2D eigenvalue weighted by Gasteiger charge is -2.29. The van der Waals surface area contributed by atoms with Crippen LogP contribution in [0.5, 0.6) is 11.5 Å². The lowest BCUT2D eigenvalue weighted by molar-refractivity contribution is -0.144. The second-order valence-electron chi connectivity index (χ2n) is 8.14. The molecule has 0 saturated carbocycles. The molecule has 2 aliphatic heterocycles. The molecule has 0 aromatic heterocycles. The van der Waals surface area contributed by atoms with Crippen molar-refractivity contribution < 1.29 is 28.6 Å². The van der Waals surface area contributed by atoms with Gasteiger partial charge in [0.1, 0.15) is 11.6 Å². The zero-order valence-electron chi connectivity index (χ0n) is 18.5. The van der Waals surface area contributed by atoms with Crippen molar-refractivity contribution in [3.63, 3.8) is 0 Å². The molecule has 0 radical (unpaired) electrons. The molecule has 1 fully saturated rings. The van der Waals surface area contributed by atoms with Crippen LogP contribution in [0, 0.1) is 0 Å². The normalized spacial score (nSPS) is 19.7. The molecule has 0 bridgehead atoms. The Morgan fingerprint density at radius 1 is 1.09 bits per heavy atom. The van der Waals surface area contributed by atoms with Gasteiger partial charge in [0.05, 0.1) is 14.2 Å². The van der Waals surface area contributed by atoms with E-state index in [1.165, 1.54) is 24.7 Å². The van der Waals surface area contributed by atoms with E-state index in [-0.39, 0.29) is 29.5 Å². The van der Waals surface area contributed by atoms with Crippen LogP contribution in [0.3, 0.4) is 0 Å². The number of carbonyl (C=O) groups excluding carboxylic acids is 3. The van der Waals surface area contributed by atoms with Crippen LogP contribution in [0.1, 0.15) is 60.3 Å². The number of fused-ring (bicyclic) bond motifs is 1. The highest BCUT2D eigenvalue weighted by Gasteiger charge is 2.47. The van der Waals surface area contributed by atoms with Crippen LogP contribution in [0.2, 0.25) is 0 Å². The van der Waals surface area contributed by atoms with Crippen LogP contribution < -0.4 is 14.8 Å². The lowest BCUT2D eigenvalue weighted by atomic mass is 10.0. The number of methoxy groups -OCH3 is 2. The number of hydrogen-bond donors (Lipinski definition) is 1. The summed E-state index contributed by atoms with van der Waals surface area (Å²) >= 11 is 0. The van der Waals surface area contributed by atoms with E-state index in [1.54, 1.807) is 12.1 Å². The maximum Gasteiger partial charge on any atom is 0.344 e. The zero-order chi connectivity index (χ0) is 23.0.